The molecular weight excluding hydrogens is 174 g/mol. The Kier molecular flexibility index (Phi) is 2.82. The van der Waals surface area contributed by atoms with Gasteiger partial charge in [0, 0.05) is 37.3 Å². The summed E-state index contributed by atoms with van der Waals surface area (Å²) in [5.41, 5.74) is 6.15. The molecule has 3 N–H and O–H groups in total. The van der Waals surface area contributed by atoms with E-state index in [4.69, 9.17) is 5.73 Å². The van der Waals surface area contributed by atoms with E-state index in [1.807, 2.05) is 0 Å². The second-order valence-electron chi connectivity index (χ2n) is 5.22. The molecule has 1 aliphatic heterocycles. The summed E-state index contributed by atoms with van der Waals surface area (Å²) < 4.78 is 0. The van der Waals surface area contributed by atoms with E-state index in [9.17, 15) is 0 Å². The molecule has 0 aromatic heterocycles. The summed E-state index contributed by atoms with van der Waals surface area (Å²) in [6, 6.07) is 1.43. The summed E-state index contributed by atoms with van der Waals surface area (Å²) >= 11 is 0. The van der Waals surface area contributed by atoms with Crippen molar-refractivity contribution in [2.45, 2.75) is 50.7 Å². The molecule has 0 aromatic rings. The molecule has 1 saturated heterocycles. The van der Waals surface area contributed by atoms with Crippen LogP contribution < -0.4 is 11.1 Å². The molecule has 0 aromatic carbocycles. The van der Waals surface area contributed by atoms with E-state index in [1.165, 1.54) is 25.8 Å². The second kappa shape index (κ2) is 3.80. The highest BCUT2D eigenvalue weighted by Crippen LogP contribution is 2.28. The molecule has 1 saturated carbocycles. The quantitative estimate of drug-likeness (QED) is 0.691. The van der Waals surface area contributed by atoms with Gasteiger partial charge in [-0.2, -0.15) is 0 Å². The van der Waals surface area contributed by atoms with Gasteiger partial charge in [0.1, 0.15) is 0 Å². The minimum absolute atomic E-state index is 0.228. The molecule has 1 atom stereocenters. The molecule has 2 aliphatic rings. The van der Waals surface area contributed by atoms with E-state index in [2.05, 4.69) is 24.1 Å². The monoisotopic (exact) mass is 197 g/mol. The summed E-state index contributed by atoms with van der Waals surface area (Å²) in [5, 5.41) is 3.73. The number of nitrogens with two attached hydrogens (primary N) is 1. The third kappa shape index (κ3) is 2.10. The molecule has 0 radical (unpaired) electrons. The van der Waals surface area contributed by atoms with Gasteiger partial charge < -0.3 is 11.1 Å². The third-order valence-electron chi connectivity index (χ3n) is 3.59. The van der Waals surface area contributed by atoms with Crippen LogP contribution in [-0.2, 0) is 0 Å². The fourth-order valence-corrected chi connectivity index (χ4v) is 2.35. The largest absolute Gasteiger partial charge is 0.329 e. The van der Waals surface area contributed by atoms with Crippen molar-refractivity contribution >= 4 is 0 Å². The van der Waals surface area contributed by atoms with Crippen LogP contribution in [0.5, 0.6) is 0 Å². The normalized spacial score (nSPS) is 34.3. The highest BCUT2D eigenvalue weighted by molar-refractivity contribution is 5.02. The minimum Gasteiger partial charge on any atom is -0.329 e. The van der Waals surface area contributed by atoms with Crippen LogP contribution in [0, 0.1) is 0 Å². The SMILES string of the molecule is CC(C)N1CCC(CN)(NC2CC2)C1. The average molecular weight is 197 g/mol. The van der Waals surface area contributed by atoms with Gasteiger partial charge in [0.15, 0.2) is 0 Å². The van der Waals surface area contributed by atoms with Crippen LogP contribution in [-0.4, -0.2) is 42.2 Å². The average Bonchev–Trinajstić information content (AvgIpc) is 2.83. The lowest BCUT2D eigenvalue weighted by Crippen LogP contribution is -2.54. The Morgan fingerprint density at radius 2 is 2.21 bits per heavy atom. The third-order valence-corrected chi connectivity index (χ3v) is 3.59. The molecular formula is C11H23N3. The number of likely N-dealkylation sites (tertiary alicyclic amines) is 1. The predicted octanol–water partition coefficient (Wildman–Crippen LogP) is 0.550. The van der Waals surface area contributed by atoms with Crippen molar-refractivity contribution < 1.29 is 0 Å². The molecule has 3 heteroatoms. The topological polar surface area (TPSA) is 41.3 Å². The maximum atomic E-state index is 5.92. The first kappa shape index (κ1) is 10.4. The first-order chi connectivity index (χ1) is 6.65. The van der Waals surface area contributed by atoms with Gasteiger partial charge in [0.05, 0.1) is 0 Å². The van der Waals surface area contributed by atoms with E-state index in [0.29, 0.717) is 6.04 Å². The number of hydrogen-bond donors (Lipinski definition) is 2. The summed E-state index contributed by atoms with van der Waals surface area (Å²) in [5.74, 6) is 0. The summed E-state index contributed by atoms with van der Waals surface area (Å²) in [7, 11) is 0. The lowest BCUT2D eigenvalue weighted by molar-refractivity contribution is 0.240. The predicted molar refractivity (Wildman–Crippen MR) is 59.3 cm³/mol. The zero-order valence-electron chi connectivity index (χ0n) is 9.42. The molecule has 1 aliphatic carbocycles. The highest BCUT2D eigenvalue weighted by Gasteiger charge is 2.41. The highest BCUT2D eigenvalue weighted by atomic mass is 15.2. The van der Waals surface area contributed by atoms with Gasteiger partial charge in [-0.15, -0.1) is 0 Å². The van der Waals surface area contributed by atoms with Crippen molar-refractivity contribution in [3.05, 3.63) is 0 Å². The number of nitrogens with zero attached hydrogens (tertiary/aromatic N) is 1. The van der Waals surface area contributed by atoms with Gasteiger partial charge in [0.25, 0.3) is 0 Å². The second-order valence-corrected chi connectivity index (χ2v) is 5.22. The van der Waals surface area contributed by atoms with E-state index in [0.717, 1.165) is 19.1 Å². The van der Waals surface area contributed by atoms with Crippen LogP contribution in [0.4, 0.5) is 0 Å². The molecule has 14 heavy (non-hydrogen) atoms. The van der Waals surface area contributed by atoms with E-state index in [-0.39, 0.29) is 5.54 Å². The fourth-order valence-electron chi connectivity index (χ4n) is 2.35. The number of hydrogen-bond acceptors (Lipinski definition) is 3. The molecule has 1 unspecified atom stereocenters. The Hall–Kier alpha value is -0.120. The zero-order chi connectivity index (χ0) is 10.2. The van der Waals surface area contributed by atoms with E-state index >= 15 is 0 Å². The molecule has 82 valence electrons. The van der Waals surface area contributed by atoms with Crippen LogP contribution in [0.1, 0.15) is 33.1 Å². The molecule has 0 amide bonds. The van der Waals surface area contributed by atoms with Crippen molar-refractivity contribution in [2.24, 2.45) is 5.73 Å². The molecule has 0 spiro atoms. The van der Waals surface area contributed by atoms with Gasteiger partial charge >= 0.3 is 0 Å². The van der Waals surface area contributed by atoms with Crippen molar-refractivity contribution in [3.8, 4) is 0 Å². The minimum atomic E-state index is 0.228. The molecule has 3 nitrogen and oxygen atoms in total. The number of nitrogens with one attached hydrogen (secondary N) is 1. The first-order valence-corrected chi connectivity index (χ1v) is 5.87. The zero-order valence-corrected chi connectivity index (χ0v) is 9.42. The Bertz CT molecular complexity index is 201. The summed E-state index contributed by atoms with van der Waals surface area (Å²) in [6.07, 6.45) is 3.92. The van der Waals surface area contributed by atoms with Gasteiger partial charge in [0.2, 0.25) is 0 Å². The van der Waals surface area contributed by atoms with Crippen LogP contribution in [0.25, 0.3) is 0 Å². The Morgan fingerprint density at radius 3 is 2.64 bits per heavy atom. The summed E-state index contributed by atoms with van der Waals surface area (Å²) in [4.78, 5) is 2.53. The first-order valence-electron chi connectivity index (χ1n) is 5.87. The van der Waals surface area contributed by atoms with Crippen molar-refractivity contribution in [1.82, 2.24) is 10.2 Å². The molecule has 1 heterocycles. The Labute approximate surface area is 87.0 Å². The molecule has 0 bridgehead atoms. The van der Waals surface area contributed by atoms with Crippen LogP contribution in [0.2, 0.25) is 0 Å². The maximum absolute atomic E-state index is 5.92. The van der Waals surface area contributed by atoms with Gasteiger partial charge in [-0.1, -0.05) is 0 Å². The molecule has 2 rings (SSSR count). The van der Waals surface area contributed by atoms with E-state index < -0.39 is 0 Å². The van der Waals surface area contributed by atoms with Crippen molar-refractivity contribution in [2.75, 3.05) is 19.6 Å². The number of rotatable bonds is 4. The maximum Gasteiger partial charge on any atom is 0.0447 e. The molecule has 2 fully saturated rings. The standard InChI is InChI=1S/C11H23N3/c1-9(2)14-6-5-11(7-12,8-14)13-10-3-4-10/h9-10,13H,3-8,12H2,1-2H3. The van der Waals surface area contributed by atoms with Gasteiger partial charge in [-0.25, -0.2) is 0 Å². The fraction of sp³-hybridized carbons (Fsp3) is 1.00. The smallest absolute Gasteiger partial charge is 0.0447 e. The lowest BCUT2D eigenvalue weighted by atomic mass is 9.99. The van der Waals surface area contributed by atoms with Gasteiger partial charge in [-0.05, 0) is 33.1 Å². The van der Waals surface area contributed by atoms with Crippen LogP contribution in [0.3, 0.4) is 0 Å². The Balaban J connectivity index is 1.93. The van der Waals surface area contributed by atoms with Crippen molar-refractivity contribution in [1.29, 1.82) is 0 Å². The summed E-state index contributed by atoms with van der Waals surface area (Å²) in [6.45, 7) is 7.66. The Morgan fingerprint density at radius 1 is 1.50 bits per heavy atom. The van der Waals surface area contributed by atoms with Crippen molar-refractivity contribution in [3.63, 3.8) is 0 Å². The lowest BCUT2D eigenvalue weighted by Gasteiger charge is -2.30. The van der Waals surface area contributed by atoms with Crippen LogP contribution in [0.15, 0.2) is 0 Å². The van der Waals surface area contributed by atoms with E-state index in [1.54, 1.807) is 0 Å². The van der Waals surface area contributed by atoms with Gasteiger partial charge in [-0.3, -0.25) is 4.90 Å². The van der Waals surface area contributed by atoms with Crippen LogP contribution >= 0.6 is 0 Å².